The third kappa shape index (κ3) is 0.894. The van der Waals surface area contributed by atoms with Gasteiger partial charge in [0.2, 0.25) is 0 Å². The van der Waals surface area contributed by atoms with Gasteiger partial charge < -0.3 is 5.11 Å². The Labute approximate surface area is 86.2 Å². The van der Waals surface area contributed by atoms with Crippen molar-refractivity contribution >= 4 is 0 Å². The molecule has 0 heterocycles. The van der Waals surface area contributed by atoms with E-state index in [-0.39, 0.29) is 11.5 Å². The molecule has 3 rings (SSSR count). The van der Waals surface area contributed by atoms with Crippen LogP contribution in [0.4, 0.5) is 0 Å². The van der Waals surface area contributed by atoms with Crippen LogP contribution >= 0.6 is 0 Å². The molecule has 3 aliphatic carbocycles. The van der Waals surface area contributed by atoms with Crippen molar-refractivity contribution in [2.24, 2.45) is 10.8 Å². The van der Waals surface area contributed by atoms with Gasteiger partial charge >= 0.3 is 0 Å². The first kappa shape index (κ1) is 8.96. The van der Waals surface area contributed by atoms with Crippen LogP contribution in [0.3, 0.4) is 0 Å². The Morgan fingerprint density at radius 1 is 0.929 bits per heavy atom. The van der Waals surface area contributed by atoms with Crippen molar-refractivity contribution in [3.05, 3.63) is 12.2 Å². The first-order valence-electron chi connectivity index (χ1n) is 6.17. The van der Waals surface area contributed by atoms with E-state index in [0.717, 1.165) is 0 Å². The van der Waals surface area contributed by atoms with Gasteiger partial charge in [-0.15, -0.1) is 0 Å². The molecule has 78 valence electrons. The first-order valence-corrected chi connectivity index (χ1v) is 6.17. The van der Waals surface area contributed by atoms with Crippen molar-refractivity contribution < 1.29 is 5.11 Å². The van der Waals surface area contributed by atoms with Gasteiger partial charge in [-0.05, 0) is 31.1 Å². The molecule has 2 fully saturated rings. The maximum absolute atomic E-state index is 10.2. The minimum absolute atomic E-state index is 0.136. The van der Waals surface area contributed by atoms with E-state index in [4.69, 9.17) is 0 Å². The van der Waals surface area contributed by atoms with Gasteiger partial charge in [-0.1, -0.05) is 37.8 Å². The molecule has 0 aromatic heterocycles. The molecule has 3 aliphatic rings. The smallest absolute Gasteiger partial charge is 0.0785 e. The van der Waals surface area contributed by atoms with Crippen LogP contribution in [0.5, 0.6) is 0 Å². The van der Waals surface area contributed by atoms with Crippen molar-refractivity contribution in [3.63, 3.8) is 0 Å². The van der Waals surface area contributed by atoms with Gasteiger partial charge in [-0.3, -0.25) is 0 Å². The van der Waals surface area contributed by atoms with E-state index in [9.17, 15) is 5.11 Å². The van der Waals surface area contributed by atoms with Gasteiger partial charge in [0.15, 0.2) is 0 Å². The minimum Gasteiger partial charge on any atom is -0.388 e. The fraction of sp³-hybridized carbons (Fsp3) is 0.846. The van der Waals surface area contributed by atoms with E-state index in [0.29, 0.717) is 5.41 Å². The lowest BCUT2D eigenvalue weighted by Gasteiger charge is -2.54. The number of hydrogen-bond acceptors (Lipinski definition) is 1. The van der Waals surface area contributed by atoms with Gasteiger partial charge in [0, 0.05) is 5.41 Å². The minimum atomic E-state index is -0.136. The first-order chi connectivity index (χ1) is 6.79. The van der Waals surface area contributed by atoms with E-state index in [1.165, 1.54) is 51.4 Å². The predicted octanol–water partition coefficient (Wildman–Crippen LogP) is 3.04. The molecule has 14 heavy (non-hydrogen) atoms. The van der Waals surface area contributed by atoms with Crippen molar-refractivity contribution in [3.8, 4) is 0 Å². The van der Waals surface area contributed by atoms with Gasteiger partial charge in [0.1, 0.15) is 0 Å². The summed E-state index contributed by atoms with van der Waals surface area (Å²) in [5.74, 6) is 0. The topological polar surface area (TPSA) is 20.2 Å². The Bertz CT molecular complexity index is 254. The fourth-order valence-corrected chi connectivity index (χ4v) is 4.39. The Morgan fingerprint density at radius 3 is 2.07 bits per heavy atom. The van der Waals surface area contributed by atoms with Crippen LogP contribution in [-0.2, 0) is 0 Å². The summed E-state index contributed by atoms with van der Waals surface area (Å²) in [6.45, 7) is 0. The van der Waals surface area contributed by atoms with Crippen LogP contribution in [-0.4, -0.2) is 11.2 Å². The largest absolute Gasteiger partial charge is 0.388 e. The fourth-order valence-electron chi connectivity index (χ4n) is 4.39. The molecule has 0 spiro atoms. The van der Waals surface area contributed by atoms with Crippen LogP contribution in [0.1, 0.15) is 51.4 Å². The standard InChI is InChI=1S/C13H20O/c14-11-5-10-12-6-1-3-8-13(11,12)9-4-2-7-12/h5,10-11,14H,1-4,6-9H2/t11-,12?,13?/m0/s1. The van der Waals surface area contributed by atoms with Crippen LogP contribution < -0.4 is 0 Å². The molecule has 0 aliphatic heterocycles. The second-order valence-corrected chi connectivity index (χ2v) is 5.53. The second-order valence-electron chi connectivity index (χ2n) is 5.53. The lowest BCUT2D eigenvalue weighted by atomic mass is 9.51. The zero-order valence-corrected chi connectivity index (χ0v) is 8.84. The molecule has 1 N–H and O–H groups in total. The van der Waals surface area contributed by atoms with Crippen molar-refractivity contribution in [2.75, 3.05) is 0 Å². The van der Waals surface area contributed by atoms with E-state index >= 15 is 0 Å². The Morgan fingerprint density at radius 2 is 1.50 bits per heavy atom. The van der Waals surface area contributed by atoms with E-state index < -0.39 is 0 Å². The molecular formula is C13H20O. The zero-order valence-electron chi connectivity index (χ0n) is 8.84. The van der Waals surface area contributed by atoms with Gasteiger partial charge in [0.05, 0.1) is 6.10 Å². The average Bonchev–Trinajstić information content (AvgIpc) is 2.54. The quantitative estimate of drug-likeness (QED) is 0.585. The lowest BCUT2D eigenvalue weighted by Crippen LogP contribution is -2.48. The molecule has 0 bridgehead atoms. The molecule has 0 amide bonds. The molecule has 0 aromatic carbocycles. The Balaban J connectivity index is 2.03. The average molecular weight is 192 g/mol. The maximum Gasteiger partial charge on any atom is 0.0785 e. The summed E-state index contributed by atoms with van der Waals surface area (Å²) in [5.41, 5.74) is 0.673. The maximum atomic E-state index is 10.2. The number of aliphatic hydroxyl groups is 1. The van der Waals surface area contributed by atoms with Crippen LogP contribution in [0.2, 0.25) is 0 Å². The lowest BCUT2D eigenvalue weighted by molar-refractivity contribution is -0.0750. The highest BCUT2D eigenvalue weighted by molar-refractivity contribution is 5.24. The van der Waals surface area contributed by atoms with Crippen molar-refractivity contribution in [1.82, 2.24) is 0 Å². The number of hydrogen-bond donors (Lipinski definition) is 1. The number of aliphatic hydroxyl groups excluding tert-OH is 1. The SMILES string of the molecule is O[C@H]1C=CC23CCCCC12CCCC3. The third-order valence-electron chi connectivity index (χ3n) is 5.15. The summed E-state index contributed by atoms with van der Waals surface area (Å²) in [7, 11) is 0. The molecule has 2 saturated carbocycles. The monoisotopic (exact) mass is 192 g/mol. The summed E-state index contributed by atoms with van der Waals surface area (Å²) >= 11 is 0. The Hall–Kier alpha value is -0.300. The molecule has 1 nitrogen and oxygen atoms in total. The van der Waals surface area contributed by atoms with E-state index in [2.05, 4.69) is 12.2 Å². The van der Waals surface area contributed by atoms with Crippen LogP contribution in [0, 0.1) is 10.8 Å². The van der Waals surface area contributed by atoms with Gasteiger partial charge in [-0.2, -0.15) is 0 Å². The molecule has 0 saturated heterocycles. The van der Waals surface area contributed by atoms with Gasteiger partial charge in [0.25, 0.3) is 0 Å². The molecule has 1 atom stereocenters. The van der Waals surface area contributed by atoms with E-state index in [1.54, 1.807) is 0 Å². The highest BCUT2D eigenvalue weighted by Gasteiger charge is 2.57. The Kier molecular flexibility index (Phi) is 1.82. The van der Waals surface area contributed by atoms with Gasteiger partial charge in [-0.25, -0.2) is 0 Å². The van der Waals surface area contributed by atoms with E-state index in [1.807, 2.05) is 0 Å². The summed E-state index contributed by atoms with van der Waals surface area (Å²) in [6.07, 6.45) is 14.9. The highest BCUT2D eigenvalue weighted by atomic mass is 16.3. The zero-order chi connectivity index (χ0) is 9.65. The molecule has 1 heteroatoms. The third-order valence-corrected chi connectivity index (χ3v) is 5.15. The normalized spacial score (nSPS) is 51.4. The molecule has 0 aromatic rings. The highest BCUT2D eigenvalue weighted by Crippen LogP contribution is 2.64. The summed E-state index contributed by atoms with van der Waals surface area (Å²) in [4.78, 5) is 0. The van der Waals surface area contributed by atoms with Crippen molar-refractivity contribution in [1.29, 1.82) is 0 Å². The number of allylic oxidation sites excluding steroid dienone is 1. The number of rotatable bonds is 0. The predicted molar refractivity (Wildman–Crippen MR) is 56.9 cm³/mol. The van der Waals surface area contributed by atoms with Crippen molar-refractivity contribution in [2.45, 2.75) is 57.5 Å². The van der Waals surface area contributed by atoms with Crippen LogP contribution in [0.15, 0.2) is 12.2 Å². The molecular weight excluding hydrogens is 172 g/mol. The molecule has 0 unspecified atom stereocenters. The molecule has 0 radical (unpaired) electrons. The second kappa shape index (κ2) is 2.85. The van der Waals surface area contributed by atoms with Crippen LogP contribution in [0.25, 0.3) is 0 Å². The summed E-state index contributed by atoms with van der Waals surface area (Å²) in [6, 6.07) is 0. The summed E-state index contributed by atoms with van der Waals surface area (Å²) in [5, 5.41) is 10.2. The summed E-state index contributed by atoms with van der Waals surface area (Å²) < 4.78 is 0.